The molecule has 1 saturated heterocycles. The fraction of sp³-hybridized carbons (Fsp3) is 0.316. The maximum absolute atomic E-state index is 12.9. The van der Waals surface area contributed by atoms with Crippen LogP contribution in [0.3, 0.4) is 0 Å². The van der Waals surface area contributed by atoms with Crippen molar-refractivity contribution >= 4 is 28.7 Å². The predicted molar refractivity (Wildman–Crippen MR) is 104 cm³/mol. The number of ether oxygens (including phenoxy) is 1. The molecule has 0 aliphatic carbocycles. The van der Waals surface area contributed by atoms with Crippen molar-refractivity contribution in [2.24, 2.45) is 0 Å². The number of nitrogens with zero attached hydrogens (tertiary/aromatic N) is 2. The van der Waals surface area contributed by atoms with Gasteiger partial charge in [0.15, 0.2) is 5.11 Å². The molecule has 1 heterocycles. The Morgan fingerprint density at radius 3 is 2.30 bits per heavy atom. The topological polar surface area (TPSA) is 27.7 Å². The van der Waals surface area contributed by atoms with Gasteiger partial charge >= 0.3 is 6.18 Å². The van der Waals surface area contributed by atoms with Crippen LogP contribution in [0, 0.1) is 0 Å². The molecule has 1 aliphatic heterocycles. The molecule has 27 heavy (non-hydrogen) atoms. The highest BCUT2D eigenvalue weighted by molar-refractivity contribution is 7.80. The summed E-state index contributed by atoms with van der Waals surface area (Å²) < 4.78 is 43.8. The second-order valence-corrected chi connectivity index (χ2v) is 6.57. The molecule has 1 N–H and O–H groups in total. The zero-order valence-corrected chi connectivity index (χ0v) is 15.6. The molecule has 8 heteroatoms. The van der Waals surface area contributed by atoms with E-state index < -0.39 is 11.7 Å². The number of benzene rings is 2. The lowest BCUT2D eigenvalue weighted by Gasteiger charge is -2.37. The number of nitrogens with one attached hydrogen (secondary N) is 1. The number of hydrogen-bond acceptors (Lipinski definition) is 3. The van der Waals surface area contributed by atoms with Gasteiger partial charge in [-0.1, -0.05) is 6.07 Å². The number of methoxy groups -OCH3 is 1. The monoisotopic (exact) mass is 395 g/mol. The molecule has 144 valence electrons. The number of piperazine rings is 1. The predicted octanol–water partition coefficient (Wildman–Crippen LogP) is 4.23. The van der Waals surface area contributed by atoms with Crippen LogP contribution in [-0.2, 0) is 6.18 Å². The van der Waals surface area contributed by atoms with E-state index in [4.69, 9.17) is 17.0 Å². The Labute approximate surface area is 161 Å². The third kappa shape index (κ3) is 4.82. The van der Waals surface area contributed by atoms with Crippen LogP contribution in [0.2, 0.25) is 0 Å². The number of alkyl halides is 3. The van der Waals surface area contributed by atoms with Crippen LogP contribution in [0.5, 0.6) is 5.75 Å². The fourth-order valence-electron chi connectivity index (χ4n) is 2.92. The van der Waals surface area contributed by atoms with Crippen LogP contribution in [0.15, 0.2) is 48.5 Å². The summed E-state index contributed by atoms with van der Waals surface area (Å²) >= 11 is 5.46. The number of thiocarbonyl (C=S) groups is 1. The molecule has 0 spiro atoms. The first-order valence-electron chi connectivity index (χ1n) is 8.49. The lowest BCUT2D eigenvalue weighted by molar-refractivity contribution is -0.137. The summed E-state index contributed by atoms with van der Waals surface area (Å²) in [6, 6.07) is 12.9. The van der Waals surface area contributed by atoms with Gasteiger partial charge in [-0.05, 0) is 54.7 Å². The van der Waals surface area contributed by atoms with E-state index in [0.29, 0.717) is 37.0 Å². The van der Waals surface area contributed by atoms with Gasteiger partial charge in [0.1, 0.15) is 5.75 Å². The summed E-state index contributed by atoms with van der Waals surface area (Å²) in [4.78, 5) is 3.96. The maximum atomic E-state index is 12.9. The number of hydrogen-bond donors (Lipinski definition) is 1. The van der Waals surface area contributed by atoms with Crippen molar-refractivity contribution < 1.29 is 17.9 Å². The Morgan fingerprint density at radius 1 is 1.04 bits per heavy atom. The molecule has 2 aromatic carbocycles. The standard InChI is InChI=1S/C19H20F3N3OS/c1-26-17-7-5-15(6-8-17)23-18(27)25-11-9-24(10-12-25)16-4-2-3-14(13-16)19(20,21)22/h2-8,13H,9-12H2,1H3,(H,23,27). The molecule has 0 unspecified atom stereocenters. The van der Waals surface area contributed by atoms with E-state index in [2.05, 4.69) is 5.32 Å². The Morgan fingerprint density at radius 2 is 1.70 bits per heavy atom. The number of anilines is 2. The highest BCUT2D eigenvalue weighted by atomic mass is 32.1. The Hall–Kier alpha value is -2.48. The van der Waals surface area contributed by atoms with Gasteiger partial charge in [0.2, 0.25) is 0 Å². The Balaban J connectivity index is 1.57. The van der Waals surface area contributed by atoms with Crippen molar-refractivity contribution in [2.75, 3.05) is 43.5 Å². The molecule has 2 aromatic rings. The summed E-state index contributed by atoms with van der Waals surface area (Å²) in [6.07, 6.45) is -4.33. The van der Waals surface area contributed by atoms with Crippen molar-refractivity contribution in [1.29, 1.82) is 0 Å². The molecule has 0 amide bonds. The van der Waals surface area contributed by atoms with Gasteiger partial charge in [-0.2, -0.15) is 13.2 Å². The quantitative estimate of drug-likeness (QED) is 0.785. The van der Waals surface area contributed by atoms with Crippen molar-refractivity contribution in [3.05, 3.63) is 54.1 Å². The minimum absolute atomic E-state index is 0.582. The molecule has 0 atom stereocenters. The van der Waals surface area contributed by atoms with Gasteiger partial charge in [0.25, 0.3) is 0 Å². The maximum Gasteiger partial charge on any atom is 0.416 e. The van der Waals surface area contributed by atoms with Gasteiger partial charge in [0, 0.05) is 37.6 Å². The van der Waals surface area contributed by atoms with Crippen LogP contribution < -0.4 is 15.0 Å². The summed E-state index contributed by atoms with van der Waals surface area (Å²) in [7, 11) is 1.61. The lowest BCUT2D eigenvalue weighted by atomic mass is 10.1. The van der Waals surface area contributed by atoms with E-state index in [1.165, 1.54) is 12.1 Å². The zero-order valence-electron chi connectivity index (χ0n) is 14.8. The van der Waals surface area contributed by atoms with Gasteiger partial charge in [-0.25, -0.2) is 0 Å². The molecule has 0 radical (unpaired) electrons. The molecule has 3 rings (SSSR count). The lowest BCUT2D eigenvalue weighted by Crippen LogP contribution is -2.50. The van der Waals surface area contributed by atoms with E-state index in [1.54, 1.807) is 13.2 Å². The molecule has 0 saturated carbocycles. The van der Waals surface area contributed by atoms with Crippen LogP contribution in [0.4, 0.5) is 24.5 Å². The zero-order chi connectivity index (χ0) is 19.4. The Bertz CT molecular complexity index is 788. The molecule has 0 aromatic heterocycles. The van der Waals surface area contributed by atoms with Crippen molar-refractivity contribution in [2.45, 2.75) is 6.18 Å². The minimum atomic E-state index is -4.33. The first kappa shape index (κ1) is 19.3. The summed E-state index contributed by atoms with van der Waals surface area (Å²) in [5, 5.41) is 3.78. The first-order valence-corrected chi connectivity index (χ1v) is 8.90. The second-order valence-electron chi connectivity index (χ2n) is 6.18. The van der Waals surface area contributed by atoms with Crippen LogP contribution in [0.1, 0.15) is 5.56 Å². The van der Waals surface area contributed by atoms with Crippen LogP contribution >= 0.6 is 12.2 Å². The summed E-state index contributed by atoms with van der Waals surface area (Å²) in [6.45, 7) is 2.48. The number of halogens is 3. The second kappa shape index (κ2) is 8.04. The smallest absolute Gasteiger partial charge is 0.416 e. The van der Waals surface area contributed by atoms with Crippen molar-refractivity contribution in [3.8, 4) is 5.75 Å². The van der Waals surface area contributed by atoms with E-state index in [9.17, 15) is 13.2 Å². The van der Waals surface area contributed by atoms with Gasteiger partial charge in [-0.15, -0.1) is 0 Å². The van der Waals surface area contributed by atoms with Crippen LogP contribution in [0.25, 0.3) is 0 Å². The minimum Gasteiger partial charge on any atom is -0.497 e. The van der Waals surface area contributed by atoms with Crippen molar-refractivity contribution in [1.82, 2.24) is 4.90 Å². The molecular formula is C19H20F3N3OS. The van der Waals surface area contributed by atoms with Gasteiger partial charge in [0.05, 0.1) is 12.7 Å². The molecule has 1 fully saturated rings. The fourth-order valence-corrected chi connectivity index (χ4v) is 3.22. The summed E-state index contributed by atoms with van der Waals surface area (Å²) in [5.41, 5.74) is 0.818. The molecular weight excluding hydrogens is 375 g/mol. The first-order chi connectivity index (χ1) is 12.9. The van der Waals surface area contributed by atoms with E-state index >= 15 is 0 Å². The number of rotatable bonds is 3. The highest BCUT2D eigenvalue weighted by Crippen LogP contribution is 2.31. The third-order valence-electron chi connectivity index (χ3n) is 4.45. The van der Waals surface area contributed by atoms with Gasteiger partial charge < -0.3 is 19.9 Å². The third-order valence-corrected chi connectivity index (χ3v) is 4.81. The van der Waals surface area contributed by atoms with E-state index in [-0.39, 0.29) is 0 Å². The SMILES string of the molecule is COc1ccc(NC(=S)N2CCN(c3cccc(C(F)(F)F)c3)CC2)cc1. The molecule has 4 nitrogen and oxygen atoms in total. The highest BCUT2D eigenvalue weighted by Gasteiger charge is 2.31. The Kier molecular flexibility index (Phi) is 5.74. The van der Waals surface area contributed by atoms with Gasteiger partial charge in [-0.3, -0.25) is 0 Å². The average molecular weight is 395 g/mol. The van der Waals surface area contributed by atoms with E-state index in [1.807, 2.05) is 34.1 Å². The molecule has 0 bridgehead atoms. The largest absolute Gasteiger partial charge is 0.497 e. The average Bonchev–Trinajstić information content (AvgIpc) is 2.68. The normalized spacial score (nSPS) is 14.8. The van der Waals surface area contributed by atoms with Crippen molar-refractivity contribution in [3.63, 3.8) is 0 Å². The summed E-state index contributed by atoms with van der Waals surface area (Å²) in [5.74, 6) is 0.765. The molecule has 1 aliphatic rings. The van der Waals surface area contributed by atoms with Crippen LogP contribution in [-0.4, -0.2) is 43.3 Å². The van der Waals surface area contributed by atoms with E-state index in [0.717, 1.165) is 17.5 Å².